The molecule has 0 radical (unpaired) electrons. The van der Waals surface area contributed by atoms with Crippen molar-refractivity contribution in [1.29, 1.82) is 0 Å². The summed E-state index contributed by atoms with van der Waals surface area (Å²) in [5, 5.41) is 6.70. The van der Waals surface area contributed by atoms with E-state index in [1.165, 1.54) is 0 Å². The number of morpholine rings is 1. The number of hydrogen-bond donors (Lipinski definition) is 2. The summed E-state index contributed by atoms with van der Waals surface area (Å²) >= 11 is 0. The summed E-state index contributed by atoms with van der Waals surface area (Å²) in [5.74, 6) is 0.899. The highest BCUT2D eigenvalue weighted by molar-refractivity contribution is 5.77. The summed E-state index contributed by atoms with van der Waals surface area (Å²) in [4.78, 5) is 14.1. The lowest BCUT2D eigenvalue weighted by atomic mass is 9.84. The molecule has 0 aromatic carbocycles. The van der Waals surface area contributed by atoms with E-state index in [1.54, 1.807) is 0 Å². The van der Waals surface area contributed by atoms with E-state index in [4.69, 9.17) is 4.74 Å². The number of carbonyl (C=O) groups is 1. The topological polar surface area (TPSA) is 53.6 Å². The molecule has 3 saturated heterocycles. The molecule has 5 nitrogen and oxygen atoms in total. The zero-order chi connectivity index (χ0) is 13.9. The zero-order valence-electron chi connectivity index (χ0n) is 12.4. The number of nitrogens with one attached hydrogen (secondary N) is 2. The molecule has 0 aliphatic carbocycles. The van der Waals surface area contributed by atoms with Crippen molar-refractivity contribution in [2.75, 3.05) is 32.8 Å². The molecular weight excluding hydrogens is 254 g/mol. The van der Waals surface area contributed by atoms with Crippen molar-refractivity contribution >= 4 is 5.91 Å². The highest BCUT2D eigenvalue weighted by Crippen LogP contribution is 2.27. The molecule has 1 amide bonds. The molecule has 0 aromatic rings. The molecule has 114 valence electrons. The van der Waals surface area contributed by atoms with Gasteiger partial charge in [0.2, 0.25) is 5.91 Å². The Morgan fingerprint density at radius 3 is 3.15 bits per heavy atom. The fraction of sp³-hybridized carbons (Fsp3) is 0.933. The molecule has 2 N–H and O–H groups in total. The number of nitrogens with zero attached hydrogens (tertiary/aromatic N) is 1. The van der Waals surface area contributed by atoms with Crippen LogP contribution in [0.3, 0.4) is 0 Å². The molecule has 3 heterocycles. The molecule has 20 heavy (non-hydrogen) atoms. The Morgan fingerprint density at radius 1 is 1.45 bits per heavy atom. The lowest BCUT2D eigenvalue weighted by Crippen LogP contribution is -2.56. The van der Waals surface area contributed by atoms with Crippen LogP contribution < -0.4 is 10.6 Å². The van der Waals surface area contributed by atoms with Gasteiger partial charge in [-0.15, -0.1) is 0 Å². The molecule has 0 spiro atoms. The Balaban J connectivity index is 1.49. The largest absolute Gasteiger partial charge is 0.379 e. The molecule has 5 heteroatoms. The monoisotopic (exact) mass is 281 g/mol. The van der Waals surface area contributed by atoms with Crippen molar-refractivity contribution in [2.45, 2.75) is 50.7 Å². The minimum atomic E-state index is 0.247. The van der Waals surface area contributed by atoms with Gasteiger partial charge >= 0.3 is 0 Å². The van der Waals surface area contributed by atoms with Gasteiger partial charge in [-0.05, 0) is 32.1 Å². The Bertz CT molecular complexity index is 344. The Morgan fingerprint density at radius 2 is 2.35 bits per heavy atom. The van der Waals surface area contributed by atoms with Crippen LogP contribution in [-0.2, 0) is 9.53 Å². The number of piperidine rings is 2. The van der Waals surface area contributed by atoms with E-state index >= 15 is 0 Å². The van der Waals surface area contributed by atoms with E-state index in [9.17, 15) is 4.79 Å². The number of carbonyl (C=O) groups excluding carboxylic acids is 1. The van der Waals surface area contributed by atoms with Gasteiger partial charge in [0.15, 0.2) is 0 Å². The smallest absolute Gasteiger partial charge is 0.220 e. The standard InChI is InChI=1S/C15H27N3O2/c1-11(8-13-10-20-7-5-16-13)18-6-4-14-12(9-18)2-3-15(19)17-14/h11-14,16H,2-10H2,1H3,(H,17,19). The summed E-state index contributed by atoms with van der Waals surface area (Å²) in [6, 6.07) is 1.52. The van der Waals surface area contributed by atoms with E-state index in [2.05, 4.69) is 22.5 Å². The summed E-state index contributed by atoms with van der Waals surface area (Å²) in [7, 11) is 0. The summed E-state index contributed by atoms with van der Waals surface area (Å²) in [6.07, 6.45) is 4.03. The van der Waals surface area contributed by atoms with Crippen LogP contribution in [0.4, 0.5) is 0 Å². The first-order valence-corrected chi connectivity index (χ1v) is 8.07. The second-order valence-electron chi connectivity index (χ2n) is 6.57. The van der Waals surface area contributed by atoms with Crippen LogP contribution in [0.5, 0.6) is 0 Å². The van der Waals surface area contributed by atoms with Gasteiger partial charge in [0.25, 0.3) is 0 Å². The predicted octanol–water partition coefficient (Wildman–Crippen LogP) is 0.354. The van der Waals surface area contributed by atoms with E-state index in [0.717, 1.165) is 52.1 Å². The molecule has 4 atom stereocenters. The molecule has 3 rings (SSSR count). The van der Waals surface area contributed by atoms with Crippen LogP contribution in [0.1, 0.15) is 32.6 Å². The van der Waals surface area contributed by atoms with Gasteiger partial charge in [0.05, 0.1) is 13.2 Å². The van der Waals surface area contributed by atoms with Gasteiger partial charge in [-0.3, -0.25) is 4.79 Å². The lowest BCUT2D eigenvalue weighted by Gasteiger charge is -2.44. The number of fused-ring (bicyclic) bond motifs is 1. The SMILES string of the molecule is CC(CC1COCCN1)N1CCC2NC(=O)CCC2C1. The average molecular weight is 281 g/mol. The van der Waals surface area contributed by atoms with Crippen molar-refractivity contribution in [1.82, 2.24) is 15.5 Å². The van der Waals surface area contributed by atoms with Crippen molar-refractivity contribution in [3.8, 4) is 0 Å². The highest BCUT2D eigenvalue weighted by atomic mass is 16.5. The predicted molar refractivity (Wildman–Crippen MR) is 77.5 cm³/mol. The Kier molecular flexibility index (Phi) is 4.58. The third kappa shape index (κ3) is 3.32. The number of hydrogen-bond acceptors (Lipinski definition) is 4. The number of ether oxygens (including phenoxy) is 1. The van der Waals surface area contributed by atoms with E-state index in [-0.39, 0.29) is 5.91 Å². The molecule has 3 aliphatic heterocycles. The number of likely N-dealkylation sites (tertiary alicyclic amines) is 1. The minimum absolute atomic E-state index is 0.247. The van der Waals surface area contributed by atoms with Crippen LogP contribution >= 0.6 is 0 Å². The van der Waals surface area contributed by atoms with Crippen LogP contribution in [-0.4, -0.2) is 61.8 Å². The summed E-state index contributed by atoms with van der Waals surface area (Å²) < 4.78 is 5.54. The third-order valence-electron chi connectivity index (χ3n) is 5.10. The van der Waals surface area contributed by atoms with Gasteiger partial charge in [-0.2, -0.15) is 0 Å². The molecule has 0 bridgehead atoms. The van der Waals surface area contributed by atoms with Crippen molar-refractivity contribution in [2.24, 2.45) is 5.92 Å². The van der Waals surface area contributed by atoms with E-state index in [0.29, 0.717) is 30.5 Å². The first kappa shape index (κ1) is 14.3. The maximum absolute atomic E-state index is 11.4. The fourth-order valence-corrected chi connectivity index (χ4v) is 3.87. The molecular formula is C15H27N3O2. The minimum Gasteiger partial charge on any atom is -0.379 e. The number of amides is 1. The second-order valence-corrected chi connectivity index (χ2v) is 6.57. The first-order chi connectivity index (χ1) is 9.72. The maximum Gasteiger partial charge on any atom is 0.220 e. The fourth-order valence-electron chi connectivity index (χ4n) is 3.87. The van der Waals surface area contributed by atoms with Crippen molar-refractivity contribution in [3.63, 3.8) is 0 Å². The Hall–Kier alpha value is -0.650. The van der Waals surface area contributed by atoms with Crippen LogP contribution in [0.2, 0.25) is 0 Å². The van der Waals surface area contributed by atoms with Gasteiger partial charge in [0, 0.05) is 44.2 Å². The van der Waals surface area contributed by atoms with Crippen LogP contribution in [0.15, 0.2) is 0 Å². The van der Waals surface area contributed by atoms with Gasteiger partial charge < -0.3 is 20.3 Å². The normalized spacial score (nSPS) is 37.0. The van der Waals surface area contributed by atoms with Gasteiger partial charge in [-0.25, -0.2) is 0 Å². The van der Waals surface area contributed by atoms with Gasteiger partial charge in [-0.1, -0.05) is 0 Å². The number of rotatable bonds is 3. The second kappa shape index (κ2) is 6.41. The maximum atomic E-state index is 11.4. The first-order valence-electron chi connectivity index (χ1n) is 8.07. The Labute approximate surface area is 121 Å². The average Bonchev–Trinajstić information content (AvgIpc) is 2.47. The highest BCUT2D eigenvalue weighted by Gasteiger charge is 2.35. The summed E-state index contributed by atoms with van der Waals surface area (Å²) in [5.41, 5.74) is 0. The van der Waals surface area contributed by atoms with Crippen molar-refractivity contribution < 1.29 is 9.53 Å². The molecule has 3 fully saturated rings. The summed E-state index contributed by atoms with van der Waals surface area (Å²) in [6.45, 7) is 7.25. The third-order valence-corrected chi connectivity index (χ3v) is 5.10. The van der Waals surface area contributed by atoms with Crippen LogP contribution in [0.25, 0.3) is 0 Å². The van der Waals surface area contributed by atoms with Gasteiger partial charge in [0.1, 0.15) is 0 Å². The van der Waals surface area contributed by atoms with Crippen LogP contribution in [0, 0.1) is 5.92 Å². The van der Waals surface area contributed by atoms with E-state index in [1.807, 2.05) is 0 Å². The molecule has 3 aliphatic rings. The molecule has 0 aromatic heterocycles. The zero-order valence-corrected chi connectivity index (χ0v) is 12.4. The lowest BCUT2D eigenvalue weighted by molar-refractivity contribution is -0.125. The van der Waals surface area contributed by atoms with E-state index < -0.39 is 0 Å². The van der Waals surface area contributed by atoms with Crippen molar-refractivity contribution in [3.05, 3.63) is 0 Å². The quantitative estimate of drug-likeness (QED) is 0.784. The molecule has 4 unspecified atom stereocenters. The molecule has 0 saturated carbocycles.